The number of allylic oxidation sites excluding steroid dienone is 2. The molecule has 0 fully saturated rings. The second kappa shape index (κ2) is 13.8. The Morgan fingerprint density at radius 3 is 2.51 bits per heavy atom. The molecule has 0 aliphatic carbocycles. The van der Waals surface area contributed by atoms with Gasteiger partial charge in [-0.15, -0.1) is 0 Å². The molecule has 2 aromatic carbocycles. The van der Waals surface area contributed by atoms with E-state index < -0.39 is 18.0 Å². The number of aliphatic hydroxyl groups excluding tert-OH is 1. The second-order valence-electron chi connectivity index (χ2n) is 10.3. The molecule has 8 heteroatoms. The molecule has 4 atom stereocenters. The summed E-state index contributed by atoms with van der Waals surface area (Å²) >= 11 is 0. The summed E-state index contributed by atoms with van der Waals surface area (Å²) in [6.45, 7) is 1.56. The van der Waals surface area contributed by atoms with Crippen molar-refractivity contribution in [3.05, 3.63) is 84.1 Å². The Morgan fingerprint density at radius 1 is 1.03 bits per heavy atom. The van der Waals surface area contributed by atoms with E-state index in [2.05, 4.69) is 15.6 Å². The van der Waals surface area contributed by atoms with Crippen molar-refractivity contribution in [2.45, 2.75) is 51.1 Å². The molecule has 0 saturated heterocycles. The first-order valence-corrected chi connectivity index (χ1v) is 13.5. The minimum atomic E-state index is -0.597. The highest BCUT2D eigenvalue weighted by Gasteiger charge is 2.27. The number of ether oxygens (including phenoxy) is 1. The van der Waals surface area contributed by atoms with Crippen molar-refractivity contribution >= 4 is 28.7 Å². The predicted octanol–water partition coefficient (Wildman–Crippen LogP) is 3.45. The smallest absolute Gasteiger partial charge is 0.309 e. The van der Waals surface area contributed by atoms with E-state index >= 15 is 0 Å². The summed E-state index contributed by atoms with van der Waals surface area (Å²) in [5, 5.41) is 16.1. The lowest BCUT2D eigenvalue weighted by atomic mass is 9.94. The maximum atomic E-state index is 13.4. The molecule has 0 spiro atoms. The fourth-order valence-electron chi connectivity index (χ4n) is 4.91. The number of benzene rings is 2. The number of fused-ring (bicyclic) bond motifs is 1. The van der Waals surface area contributed by atoms with Gasteiger partial charge in [-0.05, 0) is 49.8 Å². The molecule has 206 valence electrons. The largest absolute Gasteiger partial charge is 0.463 e. The zero-order valence-electron chi connectivity index (χ0n) is 22.3. The third-order valence-corrected chi connectivity index (χ3v) is 7.06. The number of carbonyl (C=O) groups is 3. The van der Waals surface area contributed by atoms with Gasteiger partial charge in [0.15, 0.2) is 0 Å². The summed E-state index contributed by atoms with van der Waals surface area (Å²) in [5.41, 5.74) is 3.05. The highest BCUT2D eigenvalue weighted by atomic mass is 16.5. The summed E-state index contributed by atoms with van der Waals surface area (Å²) in [6, 6.07) is 16.9. The van der Waals surface area contributed by atoms with Crippen LogP contribution in [-0.2, 0) is 32.0 Å². The van der Waals surface area contributed by atoms with Gasteiger partial charge >= 0.3 is 5.97 Å². The van der Waals surface area contributed by atoms with Gasteiger partial charge in [0.25, 0.3) is 0 Å². The topological polar surface area (TPSA) is 121 Å². The number of H-pyrrole nitrogens is 1. The van der Waals surface area contributed by atoms with Crippen LogP contribution in [0.5, 0.6) is 0 Å². The van der Waals surface area contributed by atoms with Crippen molar-refractivity contribution in [2.24, 2.45) is 11.8 Å². The Bertz CT molecular complexity index is 1290. The minimum Gasteiger partial charge on any atom is -0.463 e. The Morgan fingerprint density at radius 2 is 1.74 bits per heavy atom. The number of esters is 1. The van der Waals surface area contributed by atoms with Crippen LogP contribution in [0, 0.1) is 11.8 Å². The first-order chi connectivity index (χ1) is 18.9. The third-order valence-electron chi connectivity index (χ3n) is 7.06. The molecule has 2 heterocycles. The van der Waals surface area contributed by atoms with Gasteiger partial charge in [-0.2, -0.15) is 0 Å². The van der Waals surface area contributed by atoms with Crippen molar-refractivity contribution in [1.29, 1.82) is 0 Å². The maximum absolute atomic E-state index is 13.4. The molecule has 1 aromatic heterocycles. The quantitative estimate of drug-likeness (QED) is 0.262. The lowest BCUT2D eigenvalue weighted by Gasteiger charge is -2.24. The summed E-state index contributed by atoms with van der Waals surface area (Å²) in [7, 11) is 0. The molecule has 4 N–H and O–H groups in total. The fourth-order valence-corrected chi connectivity index (χ4v) is 4.91. The van der Waals surface area contributed by atoms with Crippen molar-refractivity contribution in [2.75, 3.05) is 13.2 Å². The van der Waals surface area contributed by atoms with E-state index in [-0.39, 0.29) is 43.3 Å². The van der Waals surface area contributed by atoms with E-state index in [4.69, 9.17) is 4.74 Å². The lowest BCUT2D eigenvalue weighted by molar-refractivity contribution is -0.150. The van der Waals surface area contributed by atoms with E-state index in [1.54, 1.807) is 6.92 Å². The number of hydrogen-bond acceptors (Lipinski definition) is 5. The standard InChI is InChI=1S/C31H37N3O5/c1-21(19-35)33-29(36)17-23-11-5-6-12-24(15-22-9-3-2-4-10-22)31(38)39-20-26(34-30(23)37)16-25-18-32-28-14-8-7-13-27(25)28/h2-10,13-14,18,21,23-24,26,32,35H,11-12,15-17,19-20H2,1H3,(H,33,36)(H,34,37)/t21-,23-,24+,26+/m1/s1. The highest BCUT2D eigenvalue weighted by molar-refractivity contribution is 5.87. The molecule has 3 aromatic rings. The number of para-hydroxylation sites is 1. The van der Waals surface area contributed by atoms with Crippen LogP contribution in [-0.4, -0.2) is 53.2 Å². The maximum Gasteiger partial charge on any atom is 0.309 e. The molecule has 39 heavy (non-hydrogen) atoms. The van der Waals surface area contributed by atoms with Crippen LogP contribution in [0.15, 0.2) is 72.9 Å². The first kappa shape index (κ1) is 28.1. The van der Waals surface area contributed by atoms with Crippen molar-refractivity contribution in [3.63, 3.8) is 0 Å². The van der Waals surface area contributed by atoms with Gasteiger partial charge in [0.2, 0.25) is 11.8 Å². The van der Waals surface area contributed by atoms with E-state index in [0.29, 0.717) is 25.7 Å². The summed E-state index contributed by atoms with van der Waals surface area (Å²) in [6.07, 6.45) is 7.52. The van der Waals surface area contributed by atoms with E-state index in [9.17, 15) is 19.5 Å². The number of cyclic esters (lactones) is 1. The van der Waals surface area contributed by atoms with Crippen LogP contribution >= 0.6 is 0 Å². The molecule has 0 unspecified atom stereocenters. The third kappa shape index (κ3) is 8.04. The molecule has 4 rings (SSSR count). The summed E-state index contributed by atoms with van der Waals surface area (Å²) < 4.78 is 5.80. The Labute approximate surface area is 228 Å². The predicted molar refractivity (Wildman–Crippen MR) is 150 cm³/mol. The van der Waals surface area contributed by atoms with E-state index in [1.165, 1.54) is 0 Å². The van der Waals surface area contributed by atoms with Crippen LogP contribution in [0.1, 0.15) is 37.3 Å². The SMILES string of the molecule is C[C@H](CO)NC(=O)C[C@H]1CC=CC[C@@H](Cc2ccccc2)C(=O)OC[C@H](Cc2c[nH]c3ccccc23)NC1=O. The fraction of sp³-hybridized carbons (Fsp3) is 0.387. The molecule has 0 bridgehead atoms. The number of nitrogens with one attached hydrogen (secondary N) is 3. The monoisotopic (exact) mass is 531 g/mol. The van der Waals surface area contributed by atoms with Crippen molar-refractivity contribution in [1.82, 2.24) is 15.6 Å². The van der Waals surface area contributed by atoms with Gasteiger partial charge < -0.3 is 25.5 Å². The zero-order valence-corrected chi connectivity index (χ0v) is 22.3. The number of aliphatic hydroxyl groups is 1. The summed E-state index contributed by atoms with van der Waals surface area (Å²) in [4.78, 5) is 42.4. The molecular weight excluding hydrogens is 494 g/mol. The van der Waals surface area contributed by atoms with Crippen molar-refractivity contribution < 1.29 is 24.2 Å². The minimum absolute atomic E-state index is 0.00640. The molecule has 2 amide bonds. The Balaban J connectivity index is 1.56. The zero-order chi connectivity index (χ0) is 27.6. The number of aromatic nitrogens is 1. The molecule has 1 aliphatic heterocycles. The first-order valence-electron chi connectivity index (χ1n) is 13.5. The molecule has 8 nitrogen and oxygen atoms in total. The van der Waals surface area contributed by atoms with Crippen LogP contribution in [0.2, 0.25) is 0 Å². The number of hydrogen-bond donors (Lipinski definition) is 4. The summed E-state index contributed by atoms with van der Waals surface area (Å²) in [5.74, 6) is -1.82. The van der Waals surface area contributed by atoms with Crippen LogP contribution in [0.25, 0.3) is 10.9 Å². The van der Waals surface area contributed by atoms with Gasteiger partial charge in [0.1, 0.15) is 6.61 Å². The second-order valence-corrected chi connectivity index (χ2v) is 10.3. The average Bonchev–Trinajstić information content (AvgIpc) is 3.35. The lowest BCUT2D eigenvalue weighted by Crippen LogP contribution is -2.45. The van der Waals surface area contributed by atoms with Gasteiger partial charge in [-0.25, -0.2) is 0 Å². The molecule has 0 saturated carbocycles. The Kier molecular flexibility index (Phi) is 9.91. The average molecular weight is 532 g/mol. The molecule has 0 radical (unpaired) electrons. The number of rotatable bonds is 8. The normalized spacial score (nSPS) is 21.3. The van der Waals surface area contributed by atoms with Gasteiger partial charge in [-0.1, -0.05) is 60.7 Å². The van der Waals surface area contributed by atoms with Gasteiger partial charge in [0.05, 0.1) is 24.5 Å². The van der Waals surface area contributed by atoms with Crippen LogP contribution in [0.3, 0.4) is 0 Å². The number of aromatic amines is 1. The highest BCUT2D eigenvalue weighted by Crippen LogP contribution is 2.22. The van der Waals surface area contributed by atoms with Crippen LogP contribution in [0.4, 0.5) is 0 Å². The Hall–Kier alpha value is -3.91. The number of carbonyl (C=O) groups excluding carboxylic acids is 3. The molecule has 1 aliphatic rings. The molecular formula is C31H37N3O5. The van der Waals surface area contributed by atoms with Gasteiger partial charge in [0, 0.05) is 29.6 Å². The van der Waals surface area contributed by atoms with Crippen molar-refractivity contribution in [3.8, 4) is 0 Å². The van der Waals surface area contributed by atoms with Crippen LogP contribution < -0.4 is 10.6 Å². The van der Waals surface area contributed by atoms with Gasteiger partial charge in [-0.3, -0.25) is 14.4 Å². The van der Waals surface area contributed by atoms with E-state index in [1.807, 2.05) is 72.9 Å². The van der Waals surface area contributed by atoms with E-state index in [0.717, 1.165) is 22.0 Å². The number of amides is 2.